The lowest BCUT2D eigenvalue weighted by Crippen LogP contribution is -2.28. The molecular formula is C15H11ClF4N2OS. The summed E-state index contributed by atoms with van der Waals surface area (Å²) >= 11 is 10.7. The Morgan fingerprint density at radius 3 is 2.54 bits per heavy atom. The molecule has 0 unspecified atom stereocenters. The molecule has 24 heavy (non-hydrogen) atoms. The first-order chi connectivity index (χ1) is 11.2. The maximum Gasteiger partial charge on any atom is 0.573 e. The zero-order valence-corrected chi connectivity index (χ0v) is 13.5. The van der Waals surface area contributed by atoms with Gasteiger partial charge in [-0.2, -0.15) is 0 Å². The summed E-state index contributed by atoms with van der Waals surface area (Å²) in [6.07, 6.45) is -4.78. The number of ether oxygens (including phenoxy) is 1. The number of nitrogens with one attached hydrogen (secondary N) is 2. The third kappa shape index (κ3) is 5.54. The quantitative estimate of drug-likeness (QED) is 0.587. The highest BCUT2D eigenvalue weighted by Crippen LogP contribution is 2.26. The molecule has 0 aliphatic carbocycles. The van der Waals surface area contributed by atoms with Crippen LogP contribution in [-0.2, 0) is 6.54 Å². The van der Waals surface area contributed by atoms with E-state index in [0.29, 0.717) is 5.69 Å². The van der Waals surface area contributed by atoms with Gasteiger partial charge in [0.25, 0.3) is 0 Å². The van der Waals surface area contributed by atoms with Crippen LogP contribution in [0.5, 0.6) is 5.75 Å². The highest BCUT2D eigenvalue weighted by Gasteiger charge is 2.31. The molecule has 0 heterocycles. The Morgan fingerprint density at radius 2 is 1.88 bits per heavy atom. The van der Waals surface area contributed by atoms with Crippen molar-refractivity contribution in [3.8, 4) is 5.75 Å². The lowest BCUT2D eigenvalue weighted by molar-refractivity contribution is -0.274. The molecule has 9 heteroatoms. The number of alkyl halides is 3. The number of halogens is 5. The van der Waals surface area contributed by atoms with Crippen LogP contribution >= 0.6 is 23.8 Å². The Hall–Kier alpha value is -2.06. The van der Waals surface area contributed by atoms with Crippen LogP contribution in [0, 0.1) is 5.82 Å². The summed E-state index contributed by atoms with van der Waals surface area (Å²) in [6, 6.07) is 9.63. The second-order valence-corrected chi connectivity index (χ2v) is 5.41. The van der Waals surface area contributed by atoms with Gasteiger partial charge >= 0.3 is 6.36 Å². The van der Waals surface area contributed by atoms with Gasteiger partial charge < -0.3 is 15.4 Å². The van der Waals surface area contributed by atoms with Crippen molar-refractivity contribution in [3.63, 3.8) is 0 Å². The summed E-state index contributed by atoms with van der Waals surface area (Å²) in [5.74, 6) is -0.885. The molecule has 128 valence electrons. The number of para-hydroxylation sites is 1. The van der Waals surface area contributed by atoms with Crippen LogP contribution in [0.1, 0.15) is 5.56 Å². The Morgan fingerprint density at radius 1 is 1.17 bits per heavy atom. The van der Waals surface area contributed by atoms with E-state index in [0.717, 1.165) is 0 Å². The first kappa shape index (κ1) is 18.3. The van der Waals surface area contributed by atoms with Gasteiger partial charge in [-0.3, -0.25) is 0 Å². The lowest BCUT2D eigenvalue weighted by atomic mass is 10.2. The summed E-state index contributed by atoms with van der Waals surface area (Å²) in [7, 11) is 0. The van der Waals surface area contributed by atoms with E-state index in [4.69, 9.17) is 23.8 Å². The number of rotatable bonds is 4. The third-order valence-electron chi connectivity index (χ3n) is 2.82. The summed E-state index contributed by atoms with van der Waals surface area (Å²) in [5, 5.41) is 5.56. The topological polar surface area (TPSA) is 33.3 Å². The van der Waals surface area contributed by atoms with E-state index in [1.165, 1.54) is 36.4 Å². The molecule has 3 nitrogen and oxygen atoms in total. The molecular weight excluding hydrogens is 368 g/mol. The molecule has 0 saturated carbocycles. The maximum absolute atomic E-state index is 13.1. The Kier molecular flexibility index (Phi) is 5.84. The Labute approximate surface area is 145 Å². The van der Waals surface area contributed by atoms with Gasteiger partial charge in [0.1, 0.15) is 11.6 Å². The molecule has 0 saturated heterocycles. The van der Waals surface area contributed by atoms with Crippen molar-refractivity contribution in [2.45, 2.75) is 12.9 Å². The standard InChI is InChI=1S/C15H11ClF4N2OS/c16-11-7-10(5-6-12(11)17)22-14(24)21-8-9-3-1-2-4-13(9)23-15(18,19)20/h1-7H,8H2,(H2,21,22,24). The molecule has 0 aliphatic heterocycles. The van der Waals surface area contributed by atoms with Gasteiger partial charge in [0.15, 0.2) is 5.11 Å². The molecule has 0 fully saturated rings. The SMILES string of the molecule is Fc1ccc(NC(=S)NCc2ccccc2OC(F)(F)F)cc1Cl. The van der Waals surface area contributed by atoms with E-state index in [-0.39, 0.29) is 28.0 Å². The molecule has 0 radical (unpaired) electrons. The monoisotopic (exact) mass is 378 g/mol. The zero-order chi connectivity index (χ0) is 17.7. The minimum absolute atomic E-state index is 0.00696. The molecule has 2 aromatic carbocycles. The van der Waals surface area contributed by atoms with Gasteiger partial charge in [0.2, 0.25) is 0 Å². The van der Waals surface area contributed by atoms with Crippen LogP contribution in [0.3, 0.4) is 0 Å². The Balaban J connectivity index is 1.98. The maximum atomic E-state index is 13.1. The molecule has 2 N–H and O–H groups in total. The highest BCUT2D eigenvalue weighted by atomic mass is 35.5. The van der Waals surface area contributed by atoms with Gasteiger partial charge in [0, 0.05) is 17.8 Å². The number of benzene rings is 2. The van der Waals surface area contributed by atoms with Gasteiger partial charge in [-0.25, -0.2) is 4.39 Å². The average Bonchev–Trinajstić information content (AvgIpc) is 2.48. The first-order valence-electron chi connectivity index (χ1n) is 6.58. The molecule has 0 aromatic heterocycles. The van der Waals surface area contributed by atoms with E-state index in [9.17, 15) is 17.6 Å². The first-order valence-corrected chi connectivity index (χ1v) is 7.37. The van der Waals surface area contributed by atoms with Crippen molar-refractivity contribution in [2.24, 2.45) is 0 Å². The van der Waals surface area contributed by atoms with Crippen LogP contribution in [0.2, 0.25) is 5.02 Å². The second kappa shape index (κ2) is 7.67. The molecule has 0 spiro atoms. The van der Waals surface area contributed by atoms with Crippen LogP contribution in [0.25, 0.3) is 0 Å². The number of hydrogen-bond donors (Lipinski definition) is 2. The average molecular weight is 379 g/mol. The summed E-state index contributed by atoms with van der Waals surface area (Å²) in [5.41, 5.74) is 0.717. The third-order valence-corrected chi connectivity index (χ3v) is 3.35. The van der Waals surface area contributed by atoms with Crippen LogP contribution < -0.4 is 15.4 Å². The van der Waals surface area contributed by atoms with Crippen molar-refractivity contribution in [1.82, 2.24) is 5.32 Å². The van der Waals surface area contributed by atoms with Gasteiger partial charge in [0.05, 0.1) is 5.02 Å². The second-order valence-electron chi connectivity index (χ2n) is 4.59. The number of hydrogen-bond acceptors (Lipinski definition) is 2. The molecule has 0 aliphatic rings. The fraction of sp³-hybridized carbons (Fsp3) is 0.133. The summed E-state index contributed by atoms with van der Waals surface area (Å²) in [6.45, 7) is 0.00696. The predicted molar refractivity (Wildman–Crippen MR) is 87.6 cm³/mol. The van der Waals surface area contributed by atoms with Gasteiger partial charge in [-0.1, -0.05) is 29.8 Å². The van der Waals surface area contributed by atoms with Crippen LogP contribution in [0.4, 0.5) is 23.2 Å². The largest absolute Gasteiger partial charge is 0.573 e. The van der Waals surface area contributed by atoms with E-state index in [1.54, 1.807) is 6.07 Å². The minimum atomic E-state index is -4.78. The minimum Gasteiger partial charge on any atom is -0.405 e. The van der Waals surface area contributed by atoms with Crippen molar-refractivity contribution in [1.29, 1.82) is 0 Å². The zero-order valence-electron chi connectivity index (χ0n) is 12.0. The summed E-state index contributed by atoms with van der Waals surface area (Å²) < 4.78 is 54.1. The Bertz CT molecular complexity index is 740. The van der Waals surface area contributed by atoms with E-state index < -0.39 is 12.2 Å². The highest BCUT2D eigenvalue weighted by molar-refractivity contribution is 7.80. The van der Waals surface area contributed by atoms with Crippen molar-refractivity contribution >= 4 is 34.6 Å². The van der Waals surface area contributed by atoms with E-state index >= 15 is 0 Å². The molecule has 0 atom stereocenters. The van der Waals surface area contributed by atoms with Crippen LogP contribution in [-0.4, -0.2) is 11.5 Å². The summed E-state index contributed by atoms with van der Waals surface area (Å²) in [4.78, 5) is 0. The normalized spacial score (nSPS) is 11.0. The lowest BCUT2D eigenvalue weighted by Gasteiger charge is -2.15. The van der Waals surface area contributed by atoms with Crippen molar-refractivity contribution < 1.29 is 22.3 Å². The molecule has 2 rings (SSSR count). The number of anilines is 1. The predicted octanol–water partition coefficient (Wildman–Crippen LogP) is 4.86. The fourth-order valence-corrected chi connectivity index (χ4v) is 2.17. The van der Waals surface area contributed by atoms with E-state index in [1.807, 2.05) is 0 Å². The smallest absolute Gasteiger partial charge is 0.405 e. The van der Waals surface area contributed by atoms with Crippen LogP contribution in [0.15, 0.2) is 42.5 Å². The molecule has 2 aromatic rings. The van der Waals surface area contributed by atoms with Gasteiger partial charge in [-0.15, -0.1) is 13.2 Å². The van der Waals surface area contributed by atoms with Crippen molar-refractivity contribution in [2.75, 3.05) is 5.32 Å². The molecule has 0 bridgehead atoms. The van der Waals surface area contributed by atoms with E-state index in [2.05, 4.69) is 15.4 Å². The molecule has 0 amide bonds. The fourth-order valence-electron chi connectivity index (χ4n) is 1.80. The van der Waals surface area contributed by atoms with Gasteiger partial charge in [-0.05, 0) is 36.5 Å². The number of thiocarbonyl (C=S) groups is 1. The van der Waals surface area contributed by atoms with Crippen molar-refractivity contribution in [3.05, 3.63) is 58.9 Å².